The fourth-order valence-corrected chi connectivity index (χ4v) is 3.64. The van der Waals surface area contributed by atoms with E-state index in [4.69, 9.17) is 25.8 Å². The Kier molecular flexibility index (Phi) is 8.43. The average Bonchev–Trinajstić information content (AvgIpc) is 2.75. The number of halogens is 2. The molecular formula is C24H25BrClNO3. The number of hydrogen-bond acceptors (Lipinski definition) is 4. The van der Waals surface area contributed by atoms with Gasteiger partial charge in [0.1, 0.15) is 12.4 Å². The first-order valence-electron chi connectivity index (χ1n) is 9.75. The predicted molar refractivity (Wildman–Crippen MR) is 125 cm³/mol. The molecule has 0 spiro atoms. The van der Waals surface area contributed by atoms with E-state index in [0.717, 1.165) is 33.6 Å². The topological polar surface area (TPSA) is 39.7 Å². The van der Waals surface area contributed by atoms with Gasteiger partial charge in [0.2, 0.25) is 0 Å². The molecule has 158 valence electrons. The summed E-state index contributed by atoms with van der Waals surface area (Å²) in [7, 11) is 1.67. The van der Waals surface area contributed by atoms with Crippen LogP contribution in [0.5, 0.6) is 17.2 Å². The van der Waals surface area contributed by atoms with E-state index in [1.54, 1.807) is 7.11 Å². The Balaban J connectivity index is 1.65. The maximum atomic E-state index is 6.06. The van der Waals surface area contributed by atoms with Gasteiger partial charge in [-0.25, -0.2) is 0 Å². The van der Waals surface area contributed by atoms with Gasteiger partial charge >= 0.3 is 0 Å². The van der Waals surface area contributed by atoms with Crippen molar-refractivity contribution in [2.45, 2.75) is 26.6 Å². The largest absolute Gasteiger partial charge is 0.497 e. The van der Waals surface area contributed by atoms with E-state index in [0.29, 0.717) is 30.5 Å². The van der Waals surface area contributed by atoms with Crippen molar-refractivity contribution < 1.29 is 14.2 Å². The van der Waals surface area contributed by atoms with Crippen LogP contribution in [0.3, 0.4) is 0 Å². The van der Waals surface area contributed by atoms with E-state index in [-0.39, 0.29) is 0 Å². The molecule has 3 aromatic carbocycles. The van der Waals surface area contributed by atoms with Crippen molar-refractivity contribution in [2.24, 2.45) is 0 Å². The van der Waals surface area contributed by atoms with E-state index in [2.05, 4.69) is 33.4 Å². The van der Waals surface area contributed by atoms with Crippen molar-refractivity contribution in [3.05, 3.63) is 86.8 Å². The number of rotatable bonds is 10. The zero-order valence-electron chi connectivity index (χ0n) is 17.1. The first kappa shape index (κ1) is 22.5. The van der Waals surface area contributed by atoms with Crippen LogP contribution in [0.4, 0.5) is 0 Å². The molecule has 0 unspecified atom stereocenters. The van der Waals surface area contributed by atoms with E-state index in [9.17, 15) is 0 Å². The summed E-state index contributed by atoms with van der Waals surface area (Å²) in [6.45, 7) is 4.40. The lowest BCUT2D eigenvalue weighted by Crippen LogP contribution is -2.13. The van der Waals surface area contributed by atoms with Crippen LogP contribution >= 0.6 is 27.5 Å². The van der Waals surface area contributed by atoms with E-state index >= 15 is 0 Å². The highest BCUT2D eigenvalue weighted by molar-refractivity contribution is 9.10. The van der Waals surface area contributed by atoms with Crippen LogP contribution in [0.2, 0.25) is 5.02 Å². The van der Waals surface area contributed by atoms with Crippen LogP contribution in [-0.4, -0.2) is 13.7 Å². The summed E-state index contributed by atoms with van der Waals surface area (Å²) >= 11 is 9.72. The Hall–Kier alpha value is -2.21. The van der Waals surface area contributed by atoms with Crippen LogP contribution in [0.15, 0.2) is 65.1 Å². The molecular weight excluding hydrogens is 466 g/mol. The van der Waals surface area contributed by atoms with Gasteiger partial charge in [-0.3, -0.25) is 0 Å². The predicted octanol–water partition coefficient (Wildman–Crippen LogP) is 6.38. The summed E-state index contributed by atoms with van der Waals surface area (Å²) in [6, 6.07) is 19.7. The molecule has 0 aliphatic carbocycles. The second kappa shape index (κ2) is 11.3. The minimum atomic E-state index is 0.419. The van der Waals surface area contributed by atoms with Crippen molar-refractivity contribution in [3.8, 4) is 17.2 Å². The maximum Gasteiger partial charge on any atom is 0.162 e. The summed E-state index contributed by atoms with van der Waals surface area (Å²) < 4.78 is 18.0. The normalized spacial score (nSPS) is 10.7. The third-order valence-corrected chi connectivity index (χ3v) is 5.47. The van der Waals surface area contributed by atoms with Crippen LogP contribution in [0.1, 0.15) is 23.6 Å². The average molecular weight is 491 g/mol. The van der Waals surface area contributed by atoms with Gasteiger partial charge in [-0.2, -0.15) is 0 Å². The van der Waals surface area contributed by atoms with Crippen molar-refractivity contribution in [1.82, 2.24) is 5.32 Å². The van der Waals surface area contributed by atoms with Crippen molar-refractivity contribution in [3.63, 3.8) is 0 Å². The minimum absolute atomic E-state index is 0.419. The highest BCUT2D eigenvalue weighted by atomic mass is 79.9. The highest BCUT2D eigenvalue weighted by Gasteiger charge is 2.11. The van der Waals surface area contributed by atoms with Crippen molar-refractivity contribution in [1.29, 1.82) is 0 Å². The van der Waals surface area contributed by atoms with Gasteiger partial charge in [-0.05, 0) is 60.0 Å². The zero-order valence-corrected chi connectivity index (χ0v) is 19.4. The van der Waals surface area contributed by atoms with Gasteiger partial charge in [0.25, 0.3) is 0 Å². The molecule has 0 saturated heterocycles. The molecule has 0 atom stereocenters. The van der Waals surface area contributed by atoms with Crippen LogP contribution in [-0.2, 0) is 19.7 Å². The molecule has 0 amide bonds. The summed E-state index contributed by atoms with van der Waals surface area (Å²) in [5.41, 5.74) is 3.30. The lowest BCUT2D eigenvalue weighted by atomic mass is 10.1. The van der Waals surface area contributed by atoms with Crippen LogP contribution in [0, 0.1) is 0 Å². The Morgan fingerprint density at radius 3 is 2.37 bits per heavy atom. The molecule has 1 N–H and O–H groups in total. The van der Waals surface area contributed by atoms with E-state index in [1.165, 1.54) is 5.56 Å². The molecule has 3 aromatic rings. The molecule has 30 heavy (non-hydrogen) atoms. The third kappa shape index (κ3) is 6.39. The quantitative estimate of drug-likeness (QED) is 0.358. The number of benzene rings is 3. The molecule has 0 aliphatic rings. The van der Waals surface area contributed by atoms with Crippen LogP contribution in [0.25, 0.3) is 0 Å². The molecule has 6 heteroatoms. The number of hydrogen-bond donors (Lipinski definition) is 1. The van der Waals surface area contributed by atoms with Gasteiger partial charge in [0, 0.05) is 22.6 Å². The van der Waals surface area contributed by atoms with Gasteiger partial charge in [0.15, 0.2) is 11.5 Å². The van der Waals surface area contributed by atoms with E-state index in [1.807, 2.05) is 55.5 Å². The lowest BCUT2D eigenvalue weighted by Gasteiger charge is -2.16. The number of ether oxygens (including phenoxy) is 3. The number of methoxy groups -OCH3 is 1. The Morgan fingerprint density at radius 2 is 1.67 bits per heavy atom. The second-order valence-corrected chi connectivity index (χ2v) is 7.98. The molecule has 0 heterocycles. The molecule has 0 aromatic heterocycles. The molecule has 4 nitrogen and oxygen atoms in total. The SMILES string of the molecule is CCOc1cc(CNCc2ccc(OC)cc2)c(Br)cc1OCc1cccc(Cl)c1. The monoisotopic (exact) mass is 489 g/mol. The molecule has 0 fully saturated rings. The molecule has 3 rings (SSSR count). The maximum absolute atomic E-state index is 6.06. The third-order valence-electron chi connectivity index (χ3n) is 4.50. The van der Waals surface area contributed by atoms with Gasteiger partial charge in [-0.15, -0.1) is 0 Å². The molecule has 0 aliphatic heterocycles. The highest BCUT2D eigenvalue weighted by Crippen LogP contribution is 2.34. The molecule has 0 saturated carbocycles. The Morgan fingerprint density at radius 1 is 0.900 bits per heavy atom. The minimum Gasteiger partial charge on any atom is -0.497 e. The second-order valence-electron chi connectivity index (χ2n) is 6.69. The summed E-state index contributed by atoms with van der Waals surface area (Å²) in [5, 5.41) is 4.16. The van der Waals surface area contributed by atoms with Gasteiger partial charge in [0.05, 0.1) is 13.7 Å². The summed E-state index contributed by atoms with van der Waals surface area (Å²) in [4.78, 5) is 0. The van der Waals surface area contributed by atoms with Crippen LogP contribution < -0.4 is 19.5 Å². The van der Waals surface area contributed by atoms with Crippen molar-refractivity contribution >= 4 is 27.5 Å². The fraction of sp³-hybridized carbons (Fsp3) is 0.250. The zero-order chi connectivity index (χ0) is 21.3. The molecule has 0 radical (unpaired) electrons. The molecule has 0 bridgehead atoms. The summed E-state index contributed by atoms with van der Waals surface area (Å²) in [5.74, 6) is 2.28. The van der Waals surface area contributed by atoms with Gasteiger partial charge in [-0.1, -0.05) is 51.8 Å². The Labute approximate surface area is 191 Å². The lowest BCUT2D eigenvalue weighted by molar-refractivity contribution is 0.269. The summed E-state index contributed by atoms with van der Waals surface area (Å²) in [6.07, 6.45) is 0. The Bertz CT molecular complexity index is 963. The van der Waals surface area contributed by atoms with E-state index < -0.39 is 0 Å². The standard InChI is InChI=1S/C24H25BrClNO3/c1-3-29-23-12-19(15-27-14-17-7-9-21(28-2)10-8-17)22(25)13-24(23)30-16-18-5-4-6-20(26)11-18/h4-13,27H,3,14-16H2,1-2H3. The smallest absolute Gasteiger partial charge is 0.162 e. The van der Waals surface area contributed by atoms with Crippen molar-refractivity contribution in [2.75, 3.05) is 13.7 Å². The fourth-order valence-electron chi connectivity index (χ4n) is 2.97. The van der Waals surface area contributed by atoms with Gasteiger partial charge < -0.3 is 19.5 Å². The first-order chi connectivity index (χ1) is 14.6. The first-order valence-corrected chi connectivity index (χ1v) is 10.9. The number of nitrogens with one attached hydrogen (secondary N) is 1.